The number of amides is 2. The summed E-state index contributed by atoms with van der Waals surface area (Å²) in [5.74, 6) is -0.683. The summed E-state index contributed by atoms with van der Waals surface area (Å²) in [6.07, 6.45) is 1.24. The molecule has 2 aliphatic heterocycles. The third kappa shape index (κ3) is 4.86. The molecule has 2 aliphatic rings. The van der Waals surface area contributed by atoms with Crippen LogP contribution < -0.4 is 10.2 Å². The fourth-order valence-corrected chi connectivity index (χ4v) is 5.90. The van der Waals surface area contributed by atoms with Crippen molar-refractivity contribution in [2.24, 2.45) is 5.92 Å². The highest BCUT2D eigenvalue weighted by Crippen LogP contribution is 2.27. The standard InChI is InChI=1S/C24H29N3O4S/c1-18-7-2-5-10-22(18)27-17-21(15-23(27)28)24(29)25-12-6-14-32(30,31)26-13-11-19-8-3-4-9-20(19)16-26/h2-5,7-10,21H,6,11-17H2,1H3,(H,25,29). The molecular weight excluding hydrogens is 426 g/mol. The number of aryl methyl sites for hydroxylation is 1. The summed E-state index contributed by atoms with van der Waals surface area (Å²) in [4.78, 5) is 26.7. The summed E-state index contributed by atoms with van der Waals surface area (Å²) >= 11 is 0. The van der Waals surface area contributed by atoms with E-state index in [-0.39, 0.29) is 30.5 Å². The average Bonchev–Trinajstić information content (AvgIpc) is 3.18. The average molecular weight is 456 g/mol. The lowest BCUT2D eigenvalue weighted by molar-refractivity contribution is -0.126. The van der Waals surface area contributed by atoms with Crippen LogP contribution in [0.1, 0.15) is 29.5 Å². The number of sulfonamides is 1. The molecule has 0 aromatic heterocycles. The first-order chi connectivity index (χ1) is 15.3. The lowest BCUT2D eigenvalue weighted by Gasteiger charge is -2.28. The van der Waals surface area contributed by atoms with Crippen LogP contribution in [-0.2, 0) is 32.6 Å². The summed E-state index contributed by atoms with van der Waals surface area (Å²) in [7, 11) is -3.38. The molecule has 2 aromatic rings. The van der Waals surface area contributed by atoms with Crippen molar-refractivity contribution in [3.05, 3.63) is 65.2 Å². The van der Waals surface area contributed by atoms with E-state index < -0.39 is 15.9 Å². The lowest BCUT2D eigenvalue weighted by Crippen LogP contribution is -2.38. The molecule has 1 atom stereocenters. The molecule has 8 heteroatoms. The van der Waals surface area contributed by atoms with Crippen molar-refractivity contribution in [3.8, 4) is 0 Å². The number of carbonyl (C=O) groups is 2. The SMILES string of the molecule is Cc1ccccc1N1CC(C(=O)NCCCS(=O)(=O)N2CCc3ccccc3C2)CC1=O. The minimum absolute atomic E-state index is 0.00558. The Morgan fingerprint density at radius 3 is 2.59 bits per heavy atom. The Balaban J connectivity index is 1.25. The van der Waals surface area contributed by atoms with Crippen LogP contribution in [0.15, 0.2) is 48.5 Å². The molecule has 32 heavy (non-hydrogen) atoms. The maximum Gasteiger partial charge on any atom is 0.227 e. The topological polar surface area (TPSA) is 86.8 Å². The fourth-order valence-electron chi connectivity index (χ4n) is 4.43. The largest absolute Gasteiger partial charge is 0.356 e. The molecule has 7 nitrogen and oxygen atoms in total. The zero-order valence-corrected chi connectivity index (χ0v) is 19.1. The van der Waals surface area contributed by atoms with Crippen molar-refractivity contribution < 1.29 is 18.0 Å². The van der Waals surface area contributed by atoms with Crippen LogP contribution in [0.2, 0.25) is 0 Å². The molecule has 1 fully saturated rings. The van der Waals surface area contributed by atoms with Crippen molar-refractivity contribution in [1.82, 2.24) is 9.62 Å². The second kappa shape index (κ2) is 9.42. The molecule has 0 bridgehead atoms. The van der Waals surface area contributed by atoms with E-state index in [1.165, 1.54) is 9.87 Å². The number of anilines is 1. The van der Waals surface area contributed by atoms with Crippen molar-refractivity contribution in [2.45, 2.75) is 32.7 Å². The van der Waals surface area contributed by atoms with Crippen molar-refractivity contribution in [3.63, 3.8) is 0 Å². The van der Waals surface area contributed by atoms with Crippen molar-refractivity contribution >= 4 is 27.5 Å². The molecule has 2 aromatic carbocycles. The second-order valence-electron chi connectivity index (χ2n) is 8.50. The van der Waals surface area contributed by atoms with Crippen LogP contribution in [0.4, 0.5) is 5.69 Å². The first-order valence-corrected chi connectivity index (χ1v) is 12.6. The zero-order chi connectivity index (χ0) is 22.7. The van der Waals surface area contributed by atoms with Gasteiger partial charge in [-0.1, -0.05) is 42.5 Å². The van der Waals surface area contributed by atoms with Gasteiger partial charge >= 0.3 is 0 Å². The molecule has 1 saturated heterocycles. The van der Waals surface area contributed by atoms with Gasteiger partial charge in [0, 0.05) is 38.3 Å². The van der Waals surface area contributed by atoms with E-state index in [1.807, 2.05) is 55.5 Å². The molecule has 0 saturated carbocycles. The summed E-state index contributed by atoms with van der Waals surface area (Å²) < 4.78 is 27.0. The summed E-state index contributed by atoms with van der Waals surface area (Å²) in [6.45, 7) is 3.46. The Kier molecular flexibility index (Phi) is 6.62. The predicted octanol–water partition coefficient (Wildman–Crippen LogP) is 2.24. The van der Waals surface area contributed by atoms with Crippen LogP contribution >= 0.6 is 0 Å². The highest BCUT2D eigenvalue weighted by molar-refractivity contribution is 7.89. The maximum absolute atomic E-state index is 12.7. The van der Waals surface area contributed by atoms with Crippen LogP contribution in [0.25, 0.3) is 0 Å². The van der Waals surface area contributed by atoms with Crippen LogP contribution in [0, 0.1) is 12.8 Å². The van der Waals surface area contributed by atoms with E-state index in [4.69, 9.17) is 0 Å². The van der Waals surface area contributed by atoms with Gasteiger partial charge in [0.2, 0.25) is 21.8 Å². The highest BCUT2D eigenvalue weighted by atomic mass is 32.2. The number of hydrogen-bond donors (Lipinski definition) is 1. The van der Waals surface area contributed by atoms with Gasteiger partial charge in [-0.3, -0.25) is 9.59 Å². The van der Waals surface area contributed by atoms with E-state index >= 15 is 0 Å². The summed E-state index contributed by atoms with van der Waals surface area (Å²) in [6, 6.07) is 15.5. The van der Waals surface area contributed by atoms with E-state index in [2.05, 4.69) is 5.32 Å². The zero-order valence-electron chi connectivity index (χ0n) is 18.3. The molecule has 1 unspecified atom stereocenters. The quantitative estimate of drug-likeness (QED) is 0.649. The van der Waals surface area contributed by atoms with Gasteiger partial charge in [0.15, 0.2) is 0 Å². The van der Waals surface area contributed by atoms with Gasteiger partial charge in [-0.25, -0.2) is 8.42 Å². The Morgan fingerprint density at radius 1 is 1.09 bits per heavy atom. The number of hydrogen-bond acceptors (Lipinski definition) is 4. The molecule has 170 valence electrons. The third-order valence-corrected chi connectivity index (χ3v) is 8.17. The minimum atomic E-state index is -3.38. The molecule has 0 aliphatic carbocycles. The van der Waals surface area contributed by atoms with Gasteiger partial charge in [0.25, 0.3) is 0 Å². The number of rotatable bonds is 7. The predicted molar refractivity (Wildman–Crippen MR) is 124 cm³/mol. The molecule has 0 radical (unpaired) electrons. The fraction of sp³-hybridized carbons (Fsp3) is 0.417. The Morgan fingerprint density at radius 2 is 1.81 bits per heavy atom. The molecule has 1 N–H and O–H groups in total. The number of carbonyl (C=O) groups excluding carboxylic acids is 2. The Labute approximate surface area is 189 Å². The second-order valence-corrected chi connectivity index (χ2v) is 10.6. The van der Waals surface area contributed by atoms with E-state index in [9.17, 15) is 18.0 Å². The van der Waals surface area contributed by atoms with Gasteiger partial charge in [0.1, 0.15) is 0 Å². The molecule has 2 amide bonds. The van der Waals surface area contributed by atoms with Crippen LogP contribution in [-0.4, -0.2) is 49.9 Å². The number of para-hydroxylation sites is 1. The first kappa shape index (κ1) is 22.5. The van der Waals surface area contributed by atoms with Gasteiger partial charge in [-0.15, -0.1) is 0 Å². The van der Waals surface area contributed by atoms with Crippen molar-refractivity contribution in [2.75, 3.05) is 30.3 Å². The van der Waals surface area contributed by atoms with Gasteiger partial charge in [-0.2, -0.15) is 4.31 Å². The normalized spacial score (nSPS) is 19.1. The lowest BCUT2D eigenvalue weighted by atomic mass is 10.0. The molecule has 2 heterocycles. The number of nitrogens with zero attached hydrogens (tertiary/aromatic N) is 2. The van der Waals surface area contributed by atoms with E-state index in [0.717, 1.165) is 23.2 Å². The smallest absolute Gasteiger partial charge is 0.227 e. The Hall–Kier alpha value is -2.71. The third-order valence-electron chi connectivity index (χ3n) is 6.27. The molecule has 0 spiro atoms. The Bertz CT molecular complexity index is 1120. The van der Waals surface area contributed by atoms with E-state index in [1.54, 1.807) is 4.90 Å². The van der Waals surface area contributed by atoms with Gasteiger partial charge < -0.3 is 10.2 Å². The van der Waals surface area contributed by atoms with Crippen LogP contribution in [0.5, 0.6) is 0 Å². The molecular formula is C24H29N3O4S. The maximum atomic E-state index is 12.7. The van der Waals surface area contributed by atoms with Crippen molar-refractivity contribution in [1.29, 1.82) is 0 Å². The monoisotopic (exact) mass is 455 g/mol. The number of benzene rings is 2. The summed E-state index contributed by atoms with van der Waals surface area (Å²) in [5.41, 5.74) is 4.09. The first-order valence-electron chi connectivity index (χ1n) is 11.0. The molecule has 4 rings (SSSR count). The highest BCUT2D eigenvalue weighted by Gasteiger charge is 2.35. The number of nitrogens with one attached hydrogen (secondary N) is 1. The van der Waals surface area contributed by atoms with Crippen LogP contribution in [0.3, 0.4) is 0 Å². The van der Waals surface area contributed by atoms with Gasteiger partial charge in [0.05, 0.1) is 11.7 Å². The van der Waals surface area contributed by atoms with Gasteiger partial charge in [-0.05, 0) is 42.5 Å². The summed E-state index contributed by atoms with van der Waals surface area (Å²) in [5, 5.41) is 2.82. The van der Waals surface area contributed by atoms with E-state index in [0.29, 0.717) is 26.1 Å². The minimum Gasteiger partial charge on any atom is -0.356 e. The number of fused-ring (bicyclic) bond motifs is 1.